The number of aliphatic hydroxyl groups is 1. The van der Waals surface area contributed by atoms with Gasteiger partial charge in [0.05, 0.1) is 5.56 Å². The summed E-state index contributed by atoms with van der Waals surface area (Å²) in [6.45, 7) is 0.110. The molecule has 5 heteroatoms. The highest BCUT2D eigenvalue weighted by atomic mass is 16.5. The highest BCUT2D eigenvalue weighted by molar-refractivity contribution is 5.60. The summed E-state index contributed by atoms with van der Waals surface area (Å²) in [5, 5.41) is 17.7. The van der Waals surface area contributed by atoms with Crippen LogP contribution in [-0.4, -0.2) is 16.7 Å². The first-order chi connectivity index (χ1) is 9.24. The van der Waals surface area contributed by atoms with Gasteiger partial charge >= 0.3 is 0 Å². The zero-order valence-corrected chi connectivity index (χ0v) is 10.2. The van der Waals surface area contributed by atoms with Gasteiger partial charge in [-0.15, -0.1) is 0 Å². The van der Waals surface area contributed by atoms with E-state index in [9.17, 15) is 0 Å². The molecular weight excluding hydrogens is 242 g/mol. The second kappa shape index (κ2) is 5.85. The minimum atomic E-state index is 0.110. The quantitative estimate of drug-likeness (QED) is 0.869. The van der Waals surface area contributed by atoms with Crippen LogP contribution in [0.2, 0.25) is 0 Å². The zero-order chi connectivity index (χ0) is 13.7. The molecule has 0 fully saturated rings. The Hall–Kier alpha value is -2.58. The molecule has 0 saturated carbocycles. The smallest absolute Gasteiger partial charge is 0.244 e. The van der Waals surface area contributed by atoms with Gasteiger partial charge in [-0.05, 0) is 30.2 Å². The number of nitriles is 1. The van der Waals surface area contributed by atoms with Crippen molar-refractivity contribution >= 4 is 5.69 Å². The molecule has 1 aromatic heterocycles. The summed E-state index contributed by atoms with van der Waals surface area (Å²) in [6.07, 6.45) is 2.08. The standard InChI is InChI=1S/C14H13N3O2/c15-9-11-5-7-17-14(13(11)16)19-12-3-1-10(2-4-12)6-8-18/h1-5,7,18H,6,8,16H2. The van der Waals surface area contributed by atoms with Crippen LogP contribution in [0.25, 0.3) is 0 Å². The zero-order valence-electron chi connectivity index (χ0n) is 10.2. The second-order valence-electron chi connectivity index (χ2n) is 3.91. The van der Waals surface area contributed by atoms with Gasteiger partial charge in [-0.2, -0.15) is 5.26 Å². The van der Waals surface area contributed by atoms with E-state index in [-0.39, 0.29) is 18.2 Å². The van der Waals surface area contributed by atoms with Crippen molar-refractivity contribution in [2.45, 2.75) is 6.42 Å². The molecule has 0 aliphatic carbocycles. The van der Waals surface area contributed by atoms with Gasteiger partial charge in [-0.1, -0.05) is 12.1 Å². The van der Waals surface area contributed by atoms with Gasteiger partial charge < -0.3 is 15.6 Å². The van der Waals surface area contributed by atoms with E-state index in [4.69, 9.17) is 20.8 Å². The minimum Gasteiger partial charge on any atom is -0.437 e. The lowest BCUT2D eigenvalue weighted by Gasteiger charge is -2.08. The van der Waals surface area contributed by atoms with Gasteiger partial charge in [-0.3, -0.25) is 0 Å². The van der Waals surface area contributed by atoms with Gasteiger partial charge in [0.2, 0.25) is 5.88 Å². The van der Waals surface area contributed by atoms with Gasteiger partial charge in [0.15, 0.2) is 0 Å². The molecule has 96 valence electrons. The van der Waals surface area contributed by atoms with E-state index in [0.717, 1.165) is 5.56 Å². The lowest BCUT2D eigenvalue weighted by atomic mass is 10.1. The van der Waals surface area contributed by atoms with Crippen LogP contribution in [0.3, 0.4) is 0 Å². The Morgan fingerprint density at radius 2 is 2.00 bits per heavy atom. The number of nitrogens with two attached hydrogens (primary N) is 1. The number of nitrogens with zero attached hydrogens (tertiary/aromatic N) is 2. The predicted octanol–water partition coefficient (Wildman–Crippen LogP) is 1.86. The van der Waals surface area contributed by atoms with Crippen LogP contribution in [0.15, 0.2) is 36.5 Å². The number of aliphatic hydroxyl groups excluding tert-OH is 1. The molecule has 0 radical (unpaired) electrons. The number of pyridine rings is 1. The van der Waals surface area contributed by atoms with Crippen LogP contribution in [0.4, 0.5) is 5.69 Å². The highest BCUT2D eigenvalue weighted by Gasteiger charge is 2.08. The maximum Gasteiger partial charge on any atom is 0.244 e. The number of benzene rings is 1. The molecule has 2 aromatic rings. The first kappa shape index (κ1) is 12.9. The van der Waals surface area contributed by atoms with Crippen molar-refractivity contribution < 1.29 is 9.84 Å². The van der Waals surface area contributed by atoms with Crippen molar-refractivity contribution in [1.29, 1.82) is 5.26 Å². The summed E-state index contributed by atoms with van der Waals surface area (Å²) in [7, 11) is 0. The lowest BCUT2D eigenvalue weighted by molar-refractivity contribution is 0.299. The Balaban J connectivity index is 2.19. The van der Waals surface area contributed by atoms with Crippen LogP contribution in [0.5, 0.6) is 11.6 Å². The van der Waals surface area contributed by atoms with Crippen LogP contribution in [0, 0.1) is 11.3 Å². The Bertz CT molecular complexity index is 603. The van der Waals surface area contributed by atoms with Crippen LogP contribution in [0.1, 0.15) is 11.1 Å². The fourth-order valence-corrected chi connectivity index (χ4v) is 1.60. The van der Waals surface area contributed by atoms with Crippen molar-refractivity contribution in [2.75, 3.05) is 12.3 Å². The summed E-state index contributed by atoms with van der Waals surface area (Å²) in [4.78, 5) is 4.00. The van der Waals surface area contributed by atoms with E-state index >= 15 is 0 Å². The SMILES string of the molecule is N#Cc1ccnc(Oc2ccc(CCO)cc2)c1N. The third kappa shape index (κ3) is 3.00. The van der Waals surface area contributed by atoms with Crippen molar-refractivity contribution in [3.8, 4) is 17.7 Å². The first-order valence-corrected chi connectivity index (χ1v) is 5.77. The maximum absolute atomic E-state index is 8.87. The first-order valence-electron chi connectivity index (χ1n) is 5.77. The van der Waals surface area contributed by atoms with E-state index in [1.807, 2.05) is 18.2 Å². The minimum absolute atomic E-state index is 0.110. The monoisotopic (exact) mass is 255 g/mol. The number of rotatable bonds is 4. The normalized spacial score (nSPS) is 9.89. The van der Waals surface area contributed by atoms with Crippen LogP contribution < -0.4 is 10.5 Å². The van der Waals surface area contributed by atoms with Gasteiger partial charge in [0.1, 0.15) is 17.5 Å². The number of nitrogen functional groups attached to an aromatic ring is 1. The fourth-order valence-electron chi connectivity index (χ4n) is 1.60. The topological polar surface area (TPSA) is 92.2 Å². The summed E-state index contributed by atoms with van der Waals surface area (Å²) < 4.78 is 5.54. The molecule has 0 unspecified atom stereocenters. The molecule has 19 heavy (non-hydrogen) atoms. The molecular formula is C14H13N3O2. The van der Waals surface area contributed by atoms with E-state index in [2.05, 4.69) is 4.98 Å². The third-order valence-electron chi connectivity index (χ3n) is 2.61. The van der Waals surface area contributed by atoms with Gasteiger partial charge in [0.25, 0.3) is 0 Å². The van der Waals surface area contributed by atoms with Crippen molar-refractivity contribution in [3.63, 3.8) is 0 Å². The average molecular weight is 255 g/mol. The highest BCUT2D eigenvalue weighted by Crippen LogP contribution is 2.27. The predicted molar refractivity (Wildman–Crippen MR) is 70.7 cm³/mol. The lowest BCUT2D eigenvalue weighted by Crippen LogP contribution is -1.98. The van der Waals surface area contributed by atoms with E-state index < -0.39 is 0 Å². The van der Waals surface area contributed by atoms with E-state index in [1.54, 1.807) is 12.1 Å². The molecule has 5 nitrogen and oxygen atoms in total. The molecule has 2 rings (SSSR count). The van der Waals surface area contributed by atoms with E-state index in [0.29, 0.717) is 17.7 Å². The summed E-state index contributed by atoms with van der Waals surface area (Å²) >= 11 is 0. The molecule has 0 aliphatic heterocycles. The Morgan fingerprint density at radius 1 is 1.26 bits per heavy atom. The van der Waals surface area contributed by atoms with Gasteiger partial charge in [-0.25, -0.2) is 4.98 Å². The number of ether oxygens (including phenoxy) is 1. The molecule has 1 aromatic carbocycles. The van der Waals surface area contributed by atoms with Crippen molar-refractivity contribution in [1.82, 2.24) is 4.98 Å². The summed E-state index contributed by atoms with van der Waals surface area (Å²) in [5.41, 5.74) is 7.35. The Morgan fingerprint density at radius 3 is 2.63 bits per heavy atom. The summed E-state index contributed by atoms with van der Waals surface area (Å²) in [6, 6.07) is 10.8. The van der Waals surface area contributed by atoms with Crippen molar-refractivity contribution in [3.05, 3.63) is 47.7 Å². The summed E-state index contributed by atoms with van der Waals surface area (Å²) in [5.74, 6) is 0.796. The number of hydrogen-bond donors (Lipinski definition) is 2. The molecule has 1 heterocycles. The maximum atomic E-state index is 8.87. The molecule has 0 atom stereocenters. The van der Waals surface area contributed by atoms with Crippen molar-refractivity contribution in [2.24, 2.45) is 0 Å². The van der Waals surface area contributed by atoms with E-state index in [1.165, 1.54) is 12.3 Å². The largest absolute Gasteiger partial charge is 0.437 e. The molecule has 0 saturated heterocycles. The van der Waals surface area contributed by atoms with Crippen LogP contribution in [-0.2, 0) is 6.42 Å². The van der Waals surface area contributed by atoms with Gasteiger partial charge in [0, 0.05) is 12.8 Å². The molecule has 0 amide bonds. The number of hydrogen-bond acceptors (Lipinski definition) is 5. The Labute approximate surface area is 110 Å². The average Bonchev–Trinajstić information content (AvgIpc) is 2.43. The molecule has 0 aliphatic rings. The molecule has 0 spiro atoms. The van der Waals surface area contributed by atoms with Crippen LogP contribution >= 0.6 is 0 Å². The molecule has 3 N–H and O–H groups in total. The molecule has 0 bridgehead atoms. The second-order valence-corrected chi connectivity index (χ2v) is 3.91. The third-order valence-corrected chi connectivity index (χ3v) is 2.61. The number of aromatic nitrogens is 1. The number of anilines is 1. The fraction of sp³-hybridized carbons (Fsp3) is 0.143. The Kier molecular flexibility index (Phi) is 3.96.